The molecule has 1 rings (SSSR count). The molecule has 0 aromatic carbocycles. The molecule has 0 bridgehead atoms. The average molecular weight is 251 g/mol. The molecule has 0 atom stereocenters. The van der Waals surface area contributed by atoms with Gasteiger partial charge in [-0.3, -0.25) is 14.4 Å². The molecule has 0 aliphatic heterocycles. The third-order valence-corrected chi connectivity index (χ3v) is 2.71. The Morgan fingerprint density at radius 3 is 2.83 bits per heavy atom. The summed E-state index contributed by atoms with van der Waals surface area (Å²) in [4.78, 5) is 12.6. The maximum atomic E-state index is 10.8. The zero-order chi connectivity index (χ0) is 13.5. The van der Waals surface area contributed by atoms with Crippen molar-refractivity contribution in [1.29, 1.82) is 0 Å². The molecule has 0 radical (unpaired) electrons. The van der Waals surface area contributed by atoms with Gasteiger partial charge in [0.05, 0.1) is 17.9 Å². The number of hydrogen-bond acceptors (Lipinski definition) is 3. The second kappa shape index (κ2) is 6.96. The number of nitrogens with zero attached hydrogens (tertiary/aromatic N) is 3. The minimum absolute atomic E-state index is 0.0162. The van der Waals surface area contributed by atoms with Gasteiger partial charge in [0.2, 0.25) is 0 Å². The molecule has 100 valence electrons. The van der Waals surface area contributed by atoms with Crippen LogP contribution in [0.15, 0.2) is 18.7 Å². The van der Waals surface area contributed by atoms with E-state index in [4.69, 9.17) is 5.11 Å². The van der Waals surface area contributed by atoms with Gasteiger partial charge in [0.1, 0.15) is 0 Å². The lowest BCUT2D eigenvalue weighted by atomic mass is 10.3. The van der Waals surface area contributed by atoms with E-state index < -0.39 is 5.97 Å². The highest BCUT2D eigenvalue weighted by atomic mass is 16.4. The van der Waals surface area contributed by atoms with E-state index in [1.807, 2.05) is 22.6 Å². The Balaban J connectivity index is 2.81. The number of carbonyl (C=O) groups is 1. The minimum atomic E-state index is -0.824. The Labute approximate surface area is 108 Å². The van der Waals surface area contributed by atoms with Gasteiger partial charge in [0, 0.05) is 19.6 Å². The standard InChI is InChI=1S/C13H21N3O2/c1-4-7-15(10-13(17)18)9-12-8-11(5-2)14-16(12)6-3/h4,8H,1,5-7,9-10H2,2-3H3,(H,17,18). The first kappa shape index (κ1) is 14.4. The molecule has 0 unspecified atom stereocenters. The van der Waals surface area contributed by atoms with Gasteiger partial charge < -0.3 is 5.11 Å². The van der Waals surface area contributed by atoms with Gasteiger partial charge in [-0.15, -0.1) is 6.58 Å². The van der Waals surface area contributed by atoms with Crippen molar-refractivity contribution in [3.63, 3.8) is 0 Å². The van der Waals surface area contributed by atoms with E-state index in [1.165, 1.54) is 0 Å². The summed E-state index contributed by atoms with van der Waals surface area (Å²) in [5, 5.41) is 13.3. The van der Waals surface area contributed by atoms with Crippen molar-refractivity contribution >= 4 is 5.97 Å². The van der Waals surface area contributed by atoms with Crippen LogP contribution < -0.4 is 0 Å². The Bertz CT molecular complexity index is 412. The van der Waals surface area contributed by atoms with E-state index in [9.17, 15) is 4.79 Å². The van der Waals surface area contributed by atoms with Crippen molar-refractivity contribution in [2.45, 2.75) is 33.4 Å². The van der Waals surface area contributed by atoms with Gasteiger partial charge in [-0.2, -0.15) is 5.10 Å². The third kappa shape index (κ3) is 4.00. The second-order valence-electron chi connectivity index (χ2n) is 4.15. The van der Waals surface area contributed by atoms with Crippen molar-refractivity contribution in [1.82, 2.24) is 14.7 Å². The number of carboxylic acids is 1. The molecule has 0 spiro atoms. The van der Waals surface area contributed by atoms with Crippen molar-refractivity contribution in [2.75, 3.05) is 13.1 Å². The monoisotopic (exact) mass is 251 g/mol. The molecule has 1 aromatic rings. The van der Waals surface area contributed by atoms with Crippen molar-refractivity contribution in [3.05, 3.63) is 30.1 Å². The summed E-state index contributed by atoms with van der Waals surface area (Å²) in [7, 11) is 0. The quantitative estimate of drug-likeness (QED) is 0.712. The maximum Gasteiger partial charge on any atom is 0.317 e. The van der Waals surface area contributed by atoms with Gasteiger partial charge in [-0.25, -0.2) is 0 Å². The Kier molecular flexibility index (Phi) is 5.58. The number of aromatic nitrogens is 2. The summed E-state index contributed by atoms with van der Waals surface area (Å²) in [6, 6.07) is 2.04. The van der Waals surface area contributed by atoms with E-state index in [2.05, 4.69) is 18.6 Å². The number of hydrogen-bond donors (Lipinski definition) is 1. The lowest BCUT2D eigenvalue weighted by Gasteiger charge is -2.18. The summed E-state index contributed by atoms with van der Waals surface area (Å²) >= 11 is 0. The van der Waals surface area contributed by atoms with Crippen LogP contribution in [0.5, 0.6) is 0 Å². The molecule has 5 heteroatoms. The molecule has 0 amide bonds. The number of rotatable bonds is 8. The number of aliphatic carboxylic acids is 1. The molecule has 18 heavy (non-hydrogen) atoms. The SMILES string of the molecule is C=CCN(CC(=O)O)Cc1cc(CC)nn1CC. The Morgan fingerprint density at radius 2 is 2.33 bits per heavy atom. The van der Waals surface area contributed by atoms with Gasteiger partial charge >= 0.3 is 5.97 Å². The van der Waals surface area contributed by atoms with Gasteiger partial charge in [0.25, 0.3) is 0 Å². The summed E-state index contributed by atoms with van der Waals surface area (Å²) in [5.74, 6) is -0.824. The van der Waals surface area contributed by atoms with Crippen LogP contribution in [0.1, 0.15) is 25.2 Å². The van der Waals surface area contributed by atoms with Gasteiger partial charge in [0.15, 0.2) is 0 Å². The molecule has 0 aliphatic carbocycles. The zero-order valence-corrected chi connectivity index (χ0v) is 11.1. The minimum Gasteiger partial charge on any atom is -0.480 e. The zero-order valence-electron chi connectivity index (χ0n) is 11.1. The average Bonchev–Trinajstić information content (AvgIpc) is 2.71. The molecule has 0 aliphatic rings. The molecular weight excluding hydrogens is 230 g/mol. The largest absolute Gasteiger partial charge is 0.480 e. The van der Waals surface area contributed by atoms with Crippen molar-refractivity contribution < 1.29 is 9.90 Å². The summed E-state index contributed by atoms with van der Waals surface area (Å²) in [6.45, 7) is 9.70. The van der Waals surface area contributed by atoms with E-state index in [-0.39, 0.29) is 6.54 Å². The third-order valence-electron chi connectivity index (χ3n) is 2.71. The van der Waals surface area contributed by atoms with Crippen LogP contribution in [0.25, 0.3) is 0 Å². The first-order valence-corrected chi connectivity index (χ1v) is 6.21. The summed E-state index contributed by atoms with van der Waals surface area (Å²) in [5.41, 5.74) is 2.10. The fourth-order valence-electron chi connectivity index (χ4n) is 1.88. The second-order valence-corrected chi connectivity index (χ2v) is 4.15. The molecule has 5 nitrogen and oxygen atoms in total. The number of aryl methyl sites for hydroxylation is 2. The Morgan fingerprint density at radius 1 is 1.61 bits per heavy atom. The molecule has 0 fully saturated rings. The predicted octanol–water partition coefficient (Wildman–Crippen LogP) is 1.54. The Hall–Kier alpha value is -1.62. The van der Waals surface area contributed by atoms with E-state index in [1.54, 1.807) is 6.08 Å². The highest BCUT2D eigenvalue weighted by Gasteiger charge is 2.12. The van der Waals surface area contributed by atoms with E-state index in [0.717, 1.165) is 24.4 Å². The van der Waals surface area contributed by atoms with E-state index >= 15 is 0 Å². The molecule has 1 N–H and O–H groups in total. The van der Waals surface area contributed by atoms with Crippen LogP contribution in [-0.2, 0) is 24.3 Å². The van der Waals surface area contributed by atoms with Crippen LogP contribution in [-0.4, -0.2) is 38.8 Å². The smallest absolute Gasteiger partial charge is 0.317 e. The first-order chi connectivity index (χ1) is 8.60. The van der Waals surface area contributed by atoms with Crippen LogP contribution in [0.3, 0.4) is 0 Å². The first-order valence-electron chi connectivity index (χ1n) is 6.21. The fraction of sp³-hybridized carbons (Fsp3) is 0.538. The molecule has 1 heterocycles. The molecule has 0 saturated carbocycles. The molecule has 0 saturated heterocycles. The van der Waals surface area contributed by atoms with Crippen LogP contribution in [0.2, 0.25) is 0 Å². The highest BCUT2D eigenvalue weighted by Crippen LogP contribution is 2.09. The van der Waals surface area contributed by atoms with E-state index in [0.29, 0.717) is 13.1 Å². The summed E-state index contributed by atoms with van der Waals surface area (Å²) < 4.78 is 1.93. The van der Waals surface area contributed by atoms with Crippen LogP contribution >= 0.6 is 0 Å². The predicted molar refractivity (Wildman–Crippen MR) is 70.4 cm³/mol. The van der Waals surface area contributed by atoms with Crippen LogP contribution in [0.4, 0.5) is 0 Å². The van der Waals surface area contributed by atoms with Crippen LogP contribution in [0, 0.1) is 0 Å². The normalized spacial score (nSPS) is 10.8. The number of carboxylic acid groups (broad SMARTS) is 1. The lowest BCUT2D eigenvalue weighted by molar-refractivity contribution is -0.138. The van der Waals surface area contributed by atoms with Gasteiger partial charge in [-0.05, 0) is 19.4 Å². The summed E-state index contributed by atoms with van der Waals surface area (Å²) in [6.07, 6.45) is 2.61. The molecule has 1 aromatic heterocycles. The van der Waals surface area contributed by atoms with Crippen molar-refractivity contribution in [2.24, 2.45) is 0 Å². The van der Waals surface area contributed by atoms with Gasteiger partial charge in [-0.1, -0.05) is 13.0 Å². The maximum absolute atomic E-state index is 10.8. The lowest BCUT2D eigenvalue weighted by Crippen LogP contribution is -2.30. The molecular formula is C13H21N3O2. The highest BCUT2D eigenvalue weighted by molar-refractivity contribution is 5.69. The van der Waals surface area contributed by atoms with Crippen molar-refractivity contribution in [3.8, 4) is 0 Å². The topological polar surface area (TPSA) is 58.4 Å². The fourth-order valence-corrected chi connectivity index (χ4v) is 1.88.